The van der Waals surface area contributed by atoms with Gasteiger partial charge in [0, 0.05) is 29.6 Å². The second-order valence-electron chi connectivity index (χ2n) is 7.39. The first kappa shape index (κ1) is 16.8. The van der Waals surface area contributed by atoms with Gasteiger partial charge >= 0.3 is 0 Å². The minimum atomic E-state index is -0.179. The lowest BCUT2D eigenvalue weighted by Crippen LogP contribution is -2.62. The van der Waals surface area contributed by atoms with E-state index in [1.807, 2.05) is 0 Å². The average molecular weight is 357 g/mol. The maximum atomic E-state index is 13.7. The van der Waals surface area contributed by atoms with E-state index in [1.165, 1.54) is 6.07 Å². The maximum Gasteiger partial charge on any atom is 0.125 e. The van der Waals surface area contributed by atoms with Crippen molar-refractivity contribution in [2.75, 3.05) is 18.0 Å². The summed E-state index contributed by atoms with van der Waals surface area (Å²) in [6.45, 7) is 13.0. The van der Waals surface area contributed by atoms with Crippen molar-refractivity contribution in [2.24, 2.45) is 11.3 Å². The summed E-state index contributed by atoms with van der Waals surface area (Å²) in [5.41, 5.74) is 1.14. The molecule has 0 saturated carbocycles. The largest absolute Gasteiger partial charge is 0.364 e. The molecule has 1 aromatic carbocycles. The third-order valence-electron chi connectivity index (χ3n) is 4.39. The van der Waals surface area contributed by atoms with Gasteiger partial charge in [0.2, 0.25) is 0 Å². The van der Waals surface area contributed by atoms with Gasteiger partial charge in [0.25, 0.3) is 0 Å². The van der Waals surface area contributed by atoms with Crippen LogP contribution in [0.5, 0.6) is 0 Å². The van der Waals surface area contributed by atoms with Crippen molar-refractivity contribution in [3.05, 3.63) is 28.5 Å². The molecule has 1 fully saturated rings. The van der Waals surface area contributed by atoms with Crippen molar-refractivity contribution in [3.63, 3.8) is 0 Å². The number of halogens is 2. The fourth-order valence-electron chi connectivity index (χ4n) is 2.93. The van der Waals surface area contributed by atoms with E-state index >= 15 is 0 Å². The van der Waals surface area contributed by atoms with Crippen LogP contribution >= 0.6 is 15.9 Å². The van der Waals surface area contributed by atoms with E-state index in [0.717, 1.165) is 23.2 Å². The van der Waals surface area contributed by atoms with Crippen molar-refractivity contribution < 1.29 is 4.39 Å². The highest BCUT2D eigenvalue weighted by Gasteiger charge is 2.36. The normalized spacial score (nSPS) is 23.7. The molecule has 1 aliphatic heterocycles. The van der Waals surface area contributed by atoms with Crippen LogP contribution in [0.3, 0.4) is 0 Å². The molecule has 4 heteroatoms. The predicted octanol–water partition coefficient (Wildman–Crippen LogP) is 4.44. The first-order chi connectivity index (χ1) is 9.70. The Kier molecular flexibility index (Phi) is 4.99. The molecule has 2 rings (SSSR count). The van der Waals surface area contributed by atoms with Crippen molar-refractivity contribution in [2.45, 2.75) is 46.7 Å². The van der Waals surface area contributed by atoms with E-state index in [2.05, 4.69) is 60.8 Å². The number of anilines is 1. The van der Waals surface area contributed by atoms with Gasteiger partial charge in [-0.2, -0.15) is 0 Å². The lowest BCUT2D eigenvalue weighted by atomic mass is 9.83. The fraction of sp³-hybridized carbons (Fsp3) is 0.647. The molecule has 2 nitrogen and oxygen atoms in total. The first-order valence-electron chi connectivity index (χ1n) is 7.65. The number of piperazine rings is 1. The fourth-order valence-corrected chi connectivity index (χ4v) is 3.40. The Bertz CT molecular complexity index is 496. The van der Waals surface area contributed by atoms with Gasteiger partial charge in [0.05, 0.1) is 5.69 Å². The molecule has 1 heterocycles. The highest BCUT2D eigenvalue weighted by Crippen LogP contribution is 2.34. The second-order valence-corrected chi connectivity index (χ2v) is 8.24. The highest BCUT2D eigenvalue weighted by atomic mass is 79.9. The molecule has 21 heavy (non-hydrogen) atoms. The van der Waals surface area contributed by atoms with Crippen molar-refractivity contribution in [3.8, 4) is 0 Å². The van der Waals surface area contributed by atoms with Crippen LogP contribution in [-0.2, 0) is 0 Å². The molecular weight excluding hydrogens is 331 g/mol. The van der Waals surface area contributed by atoms with E-state index in [4.69, 9.17) is 0 Å². The summed E-state index contributed by atoms with van der Waals surface area (Å²) < 4.78 is 14.7. The molecule has 1 aromatic rings. The van der Waals surface area contributed by atoms with E-state index < -0.39 is 0 Å². The van der Waals surface area contributed by atoms with Crippen LogP contribution in [-0.4, -0.2) is 25.2 Å². The summed E-state index contributed by atoms with van der Waals surface area (Å²) in [5.74, 6) is 0.329. The Morgan fingerprint density at radius 1 is 1.33 bits per heavy atom. The number of hydrogen-bond acceptors (Lipinski definition) is 2. The summed E-state index contributed by atoms with van der Waals surface area (Å²) in [7, 11) is 0. The van der Waals surface area contributed by atoms with Gasteiger partial charge in [0.1, 0.15) is 5.82 Å². The van der Waals surface area contributed by atoms with Crippen molar-refractivity contribution in [1.82, 2.24) is 5.32 Å². The number of rotatable bonds is 2. The van der Waals surface area contributed by atoms with Crippen LogP contribution in [0.1, 0.15) is 34.6 Å². The van der Waals surface area contributed by atoms with Crippen molar-refractivity contribution in [1.29, 1.82) is 0 Å². The summed E-state index contributed by atoms with van der Waals surface area (Å²) in [6.07, 6.45) is 0. The minimum absolute atomic E-state index is 0.179. The molecule has 0 bridgehead atoms. The molecule has 0 amide bonds. The van der Waals surface area contributed by atoms with E-state index in [1.54, 1.807) is 12.1 Å². The lowest BCUT2D eigenvalue weighted by molar-refractivity contribution is 0.220. The van der Waals surface area contributed by atoms with Crippen LogP contribution in [0.2, 0.25) is 0 Å². The van der Waals surface area contributed by atoms with Gasteiger partial charge in [-0.05, 0) is 45.5 Å². The monoisotopic (exact) mass is 356 g/mol. The van der Waals surface area contributed by atoms with Gasteiger partial charge in [-0.25, -0.2) is 4.39 Å². The van der Waals surface area contributed by atoms with Gasteiger partial charge < -0.3 is 10.2 Å². The van der Waals surface area contributed by atoms with Crippen LogP contribution < -0.4 is 10.2 Å². The summed E-state index contributed by atoms with van der Waals surface area (Å²) in [5, 5.41) is 3.67. The molecule has 1 aliphatic rings. The number of nitrogens with zero attached hydrogens (tertiary/aromatic N) is 1. The zero-order valence-corrected chi connectivity index (χ0v) is 15.2. The Morgan fingerprint density at radius 2 is 2.00 bits per heavy atom. The highest BCUT2D eigenvalue weighted by molar-refractivity contribution is 9.10. The Balaban J connectivity index is 2.36. The quantitative estimate of drug-likeness (QED) is 0.842. The smallest absolute Gasteiger partial charge is 0.125 e. The third-order valence-corrected chi connectivity index (χ3v) is 5.06. The molecule has 2 atom stereocenters. The van der Waals surface area contributed by atoms with E-state index in [0.29, 0.717) is 18.0 Å². The third kappa shape index (κ3) is 3.78. The Labute approximate surface area is 136 Å². The van der Waals surface area contributed by atoms with Gasteiger partial charge in [-0.3, -0.25) is 0 Å². The van der Waals surface area contributed by atoms with E-state index in [9.17, 15) is 4.39 Å². The molecular formula is C17H26BrFN2. The van der Waals surface area contributed by atoms with Crippen LogP contribution in [0.4, 0.5) is 10.1 Å². The maximum absolute atomic E-state index is 13.7. The van der Waals surface area contributed by atoms with Gasteiger partial charge in [-0.15, -0.1) is 0 Å². The Hall–Kier alpha value is -0.610. The van der Waals surface area contributed by atoms with Gasteiger partial charge in [0.15, 0.2) is 0 Å². The molecule has 1 N–H and O–H groups in total. The SMILES string of the molecule is CC(C)C1CNC(C(C)(C)C)CN1c1cc(F)ccc1Br. The first-order valence-corrected chi connectivity index (χ1v) is 8.44. The number of hydrogen-bond donors (Lipinski definition) is 1. The zero-order chi connectivity index (χ0) is 15.8. The lowest BCUT2D eigenvalue weighted by Gasteiger charge is -2.48. The van der Waals surface area contributed by atoms with Crippen LogP contribution in [0.15, 0.2) is 22.7 Å². The Morgan fingerprint density at radius 3 is 2.57 bits per heavy atom. The molecule has 2 unspecified atom stereocenters. The molecule has 1 saturated heterocycles. The van der Waals surface area contributed by atoms with Crippen LogP contribution in [0.25, 0.3) is 0 Å². The molecule has 0 radical (unpaired) electrons. The van der Waals surface area contributed by atoms with Gasteiger partial charge in [-0.1, -0.05) is 34.6 Å². The second kappa shape index (κ2) is 6.25. The molecule has 0 aliphatic carbocycles. The topological polar surface area (TPSA) is 15.3 Å². The predicted molar refractivity (Wildman–Crippen MR) is 91.3 cm³/mol. The summed E-state index contributed by atoms with van der Waals surface area (Å²) in [6, 6.07) is 5.71. The van der Waals surface area contributed by atoms with Crippen LogP contribution in [0, 0.1) is 17.2 Å². The summed E-state index contributed by atoms with van der Waals surface area (Å²) in [4.78, 5) is 2.37. The van der Waals surface area contributed by atoms with Crippen molar-refractivity contribution >= 4 is 21.6 Å². The molecule has 0 spiro atoms. The van der Waals surface area contributed by atoms with E-state index in [-0.39, 0.29) is 11.2 Å². The standard InChI is InChI=1S/C17H26BrFN2/c1-11(2)15-9-20-16(17(3,4)5)10-21(15)14-8-12(19)6-7-13(14)18/h6-8,11,15-16,20H,9-10H2,1-5H3. The summed E-state index contributed by atoms with van der Waals surface area (Å²) >= 11 is 3.58. The zero-order valence-electron chi connectivity index (χ0n) is 13.6. The minimum Gasteiger partial charge on any atom is -0.364 e. The number of benzene rings is 1. The number of nitrogens with one attached hydrogen (secondary N) is 1. The average Bonchev–Trinajstić information content (AvgIpc) is 2.39. The molecule has 0 aromatic heterocycles. The molecule has 118 valence electrons.